The Bertz CT molecular complexity index is 667. The van der Waals surface area contributed by atoms with Crippen molar-refractivity contribution < 1.29 is 9.59 Å². The lowest BCUT2D eigenvalue weighted by atomic mass is 10.3. The number of carbonyl (C=O) groups is 2. The van der Waals surface area contributed by atoms with Gasteiger partial charge in [0.25, 0.3) is 5.91 Å². The van der Waals surface area contributed by atoms with Gasteiger partial charge in [-0.05, 0) is 0 Å². The number of nitrogens with zero attached hydrogens (tertiary/aromatic N) is 4. The molecule has 0 saturated carbocycles. The van der Waals surface area contributed by atoms with Gasteiger partial charge in [-0.1, -0.05) is 0 Å². The molecule has 0 aromatic carbocycles. The van der Waals surface area contributed by atoms with Crippen LogP contribution in [0.25, 0.3) is 10.3 Å². The second-order valence-electron chi connectivity index (χ2n) is 4.50. The zero-order valence-corrected chi connectivity index (χ0v) is 12.3. The van der Waals surface area contributed by atoms with E-state index in [1.165, 1.54) is 27.3 Å². The minimum atomic E-state index is -0.303. The molecule has 0 fully saturated rings. The zero-order valence-electron chi connectivity index (χ0n) is 11.5. The summed E-state index contributed by atoms with van der Waals surface area (Å²) in [6, 6.07) is 0. The van der Waals surface area contributed by atoms with E-state index < -0.39 is 0 Å². The average Bonchev–Trinajstić information content (AvgIpc) is 2.75. The van der Waals surface area contributed by atoms with Crippen LogP contribution in [0.2, 0.25) is 0 Å². The number of rotatable bonds is 3. The molecule has 106 valence electrons. The van der Waals surface area contributed by atoms with Crippen molar-refractivity contribution in [3.05, 3.63) is 17.3 Å². The third-order valence-corrected chi connectivity index (χ3v) is 3.87. The van der Waals surface area contributed by atoms with Gasteiger partial charge in [0.2, 0.25) is 5.91 Å². The quantitative estimate of drug-likeness (QED) is 0.886. The van der Waals surface area contributed by atoms with Crippen LogP contribution in [0.1, 0.15) is 9.67 Å². The first kappa shape index (κ1) is 14.2. The molecule has 2 amide bonds. The molecule has 0 unspecified atom stereocenters. The second-order valence-corrected chi connectivity index (χ2v) is 5.50. The molecule has 0 aliphatic heterocycles. The van der Waals surface area contributed by atoms with Crippen LogP contribution in [0, 0.1) is 0 Å². The SMILES string of the molecule is CN(C)C(=O)CN(C)C(=O)c1sc2nccnc2c1N. The van der Waals surface area contributed by atoms with Gasteiger partial charge in [0.15, 0.2) is 0 Å². The first-order valence-electron chi connectivity index (χ1n) is 5.86. The van der Waals surface area contributed by atoms with E-state index in [1.54, 1.807) is 27.3 Å². The van der Waals surface area contributed by atoms with Crippen LogP contribution in [0.3, 0.4) is 0 Å². The Hall–Kier alpha value is -2.22. The topological polar surface area (TPSA) is 92.4 Å². The van der Waals surface area contributed by atoms with Crippen molar-refractivity contribution >= 4 is 39.2 Å². The number of hydrogen-bond donors (Lipinski definition) is 1. The summed E-state index contributed by atoms with van der Waals surface area (Å²) >= 11 is 1.18. The molecule has 0 atom stereocenters. The summed E-state index contributed by atoms with van der Waals surface area (Å²) in [6.07, 6.45) is 3.07. The summed E-state index contributed by atoms with van der Waals surface area (Å²) in [6.45, 7) is 0.000373. The minimum Gasteiger partial charge on any atom is -0.396 e. The van der Waals surface area contributed by atoms with Gasteiger partial charge in [0.1, 0.15) is 15.2 Å². The number of amides is 2. The maximum Gasteiger partial charge on any atom is 0.266 e. The minimum absolute atomic E-state index is 0.000373. The smallest absolute Gasteiger partial charge is 0.266 e. The fourth-order valence-electron chi connectivity index (χ4n) is 1.59. The van der Waals surface area contributed by atoms with E-state index in [-0.39, 0.29) is 18.4 Å². The number of nitrogens with two attached hydrogens (primary N) is 1. The van der Waals surface area contributed by atoms with Crippen molar-refractivity contribution in [3.8, 4) is 0 Å². The molecule has 0 saturated heterocycles. The standard InChI is InChI=1S/C12H15N5O2S/c1-16(2)7(18)6-17(3)12(19)10-8(13)9-11(20-10)15-5-4-14-9/h4-5H,6,13H2,1-3H3. The Morgan fingerprint density at radius 1 is 1.25 bits per heavy atom. The summed E-state index contributed by atoms with van der Waals surface area (Å²) in [5.74, 6) is -0.459. The van der Waals surface area contributed by atoms with Gasteiger partial charge >= 0.3 is 0 Å². The van der Waals surface area contributed by atoms with E-state index in [0.717, 1.165) is 0 Å². The summed E-state index contributed by atoms with van der Waals surface area (Å²) in [5.41, 5.74) is 6.77. The molecule has 2 rings (SSSR count). The largest absolute Gasteiger partial charge is 0.396 e. The lowest BCUT2D eigenvalue weighted by molar-refractivity contribution is -0.129. The predicted molar refractivity (Wildman–Crippen MR) is 77.5 cm³/mol. The predicted octanol–water partition coefficient (Wildman–Crippen LogP) is 0.434. The van der Waals surface area contributed by atoms with Gasteiger partial charge in [-0.25, -0.2) is 9.97 Å². The van der Waals surface area contributed by atoms with Crippen molar-refractivity contribution in [1.82, 2.24) is 19.8 Å². The summed E-state index contributed by atoms with van der Waals surface area (Å²) < 4.78 is 0. The van der Waals surface area contributed by atoms with Gasteiger partial charge in [0, 0.05) is 33.5 Å². The number of anilines is 1. The number of nitrogen functional groups attached to an aromatic ring is 1. The van der Waals surface area contributed by atoms with E-state index in [4.69, 9.17) is 5.73 Å². The third kappa shape index (κ3) is 2.55. The van der Waals surface area contributed by atoms with Crippen molar-refractivity contribution in [1.29, 1.82) is 0 Å². The number of hydrogen-bond acceptors (Lipinski definition) is 6. The van der Waals surface area contributed by atoms with E-state index in [2.05, 4.69) is 9.97 Å². The van der Waals surface area contributed by atoms with Gasteiger partial charge in [0.05, 0.1) is 12.2 Å². The van der Waals surface area contributed by atoms with Crippen LogP contribution in [0.5, 0.6) is 0 Å². The Kier molecular flexibility index (Phi) is 3.84. The van der Waals surface area contributed by atoms with Crippen LogP contribution in [-0.4, -0.2) is 59.3 Å². The average molecular weight is 293 g/mol. The van der Waals surface area contributed by atoms with Crippen LogP contribution in [0.4, 0.5) is 5.69 Å². The lowest BCUT2D eigenvalue weighted by Crippen LogP contribution is -2.37. The Morgan fingerprint density at radius 2 is 1.90 bits per heavy atom. The van der Waals surface area contributed by atoms with E-state index in [0.29, 0.717) is 20.9 Å². The Balaban J connectivity index is 2.27. The maximum atomic E-state index is 12.3. The fraction of sp³-hybridized carbons (Fsp3) is 0.333. The molecular weight excluding hydrogens is 278 g/mol. The van der Waals surface area contributed by atoms with Crippen LogP contribution in [-0.2, 0) is 4.79 Å². The van der Waals surface area contributed by atoms with Gasteiger partial charge < -0.3 is 15.5 Å². The Labute approximate surface area is 120 Å². The molecule has 7 nitrogen and oxygen atoms in total. The molecule has 0 spiro atoms. The number of thiophene rings is 1. The molecule has 2 aromatic rings. The summed E-state index contributed by atoms with van der Waals surface area (Å²) in [4.78, 5) is 35.9. The normalized spacial score (nSPS) is 10.6. The van der Waals surface area contributed by atoms with Crippen molar-refractivity contribution in [2.24, 2.45) is 0 Å². The zero-order chi connectivity index (χ0) is 14.9. The molecule has 2 aromatic heterocycles. The van der Waals surface area contributed by atoms with E-state index in [9.17, 15) is 9.59 Å². The van der Waals surface area contributed by atoms with Crippen molar-refractivity contribution in [2.75, 3.05) is 33.4 Å². The highest BCUT2D eigenvalue weighted by Crippen LogP contribution is 2.31. The maximum absolute atomic E-state index is 12.3. The highest BCUT2D eigenvalue weighted by molar-refractivity contribution is 7.21. The summed E-state index contributed by atoms with van der Waals surface area (Å²) in [7, 11) is 4.85. The van der Waals surface area contributed by atoms with Gasteiger partial charge in [-0.15, -0.1) is 11.3 Å². The summed E-state index contributed by atoms with van der Waals surface area (Å²) in [5, 5.41) is 0. The molecule has 2 N–H and O–H groups in total. The van der Waals surface area contributed by atoms with Crippen LogP contribution in [0.15, 0.2) is 12.4 Å². The van der Waals surface area contributed by atoms with Crippen molar-refractivity contribution in [2.45, 2.75) is 0 Å². The lowest BCUT2D eigenvalue weighted by Gasteiger charge is -2.18. The highest BCUT2D eigenvalue weighted by Gasteiger charge is 2.22. The number of aromatic nitrogens is 2. The molecule has 2 heterocycles. The molecule has 0 bridgehead atoms. The van der Waals surface area contributed by atoms with Crippen LogP contribution >= 0.6 is 11.3 Å². The van der Waals surface area contributed by atoms with Crippen LogP contribution < -0.4 is 5.73 Å². The second kappa shape index (κ2) is 5.41. The molecule has 0 radical (unpaired) electrons. The van der Waals surface area contributed by atoms with E-state index >= 15 is 0 Å². The molecule has 8 heteroatoms. The number of fused-ring (bicyclic) bond motifs is 1. The fourth-order valence-corrected chi connectivity index (χ4v) is 2.61. The number of likely N-dealkylation sites (N-methyl/N-ethyl adjacent to an activating group) is 2. The van der Waals surface area contributed by atoms with Gasteiger partial charge in [-0.2, -0.15) is 0 Å². The molecule has 20 heavy (non-hydrogen) atoms. The third-order valence-electron chi connectivity index (χ3n) is 2.78. The first-order valence-corrected chi connectivity index (χ1v) is 6.68. The molecular formula is C12H15N5O2S. The highest BCUT2D eigenvalue weighted by atomic mass is 32.1. The molecule has 0 aliphatic rings. The van der Waals surface area contributed by atoms with Gasteiger partial charge in [-0.3, -0.25) is 9.59 Å². The monoisotopic (exact) mass is 293 g/mol. The molecule has 0 aliphatic carbocycles. The van der Waals surface area contributed by atoms with Crippen molar-refractivity contribution in [3.63, 3.8) is 0 Å². The van der Waals surface area contributed by atoms with E-state index in [1.807, 2.05) is 0 Å². The Morgan fingerprint density at radius 3 is 2.50 bits per heavy atom. The number of carbonyl (C=O) groups excluding carboxylic acids is 2. The first-order chi connectivity index (χ1) is 9.41.